The number of hydrogen-bond acceptors (Lipinski definition) is 3. The molecular weight excluding hydrogens is 389 g/mol. The second-order valence-corrected chi connectivity index (χ2v) is 8.07. The number of aryl methyl sites for hydroxylation is 1. The predicted molar refractivity (Wildman–Crippen MR) is 116 cm³/mol. The molecule has 2 heterocycles. The van der Waals surface area contributed by atoms with Crippen molar-refractivity contribution < 1.29 is 9.18 Å². The highest BCUT2D eigenvalue weighted by Gasteiger charge is 2.23. The number of rotatable bonds is 4. The minimum atomic E-state index is -0.254. The number of nitrogens with one attached hydrogen (secondary N) is 1. The fourth-order valence-corrected chi connectivity index (χ4v) is 4.22. The predicted octanol–water partition coefficient (Wildman–Crippen LogP) is 5.58. The van der Waals surface area contributed by atoms with Gasteiger partial charge in [-0.3, -0.25) is 9.78 Å². The van der Waals surface area contributed by atoms with Crippen LogP contribution in [0.2, 0.25) is 5.02 Å². The number of hydrogen-bond donors (Lipinski definition) is 1. The number of aromatic nitrogens is 1. The van der Waals surface area contributed by atoms with Crippen LogP contribution in [0.1, 0.15) is 24.8 Å². The molecule has 1 saturated heterocycles. The summed E-state index contributed by atoms with van der Waals surface area (Å²) in [4.78, 5) is 19.1. The number of nitrogens with zero attached hydrogens (tertiary/aromatic N) is 2. The number of pyridine rings is 1. The Balaban J connectivity index is 1.37. The third kappa shape index (κ3) is 4.51. The molecule has 0 saturated carbocycles. The summed E-state index contributed by atoms with van der Waals surface area (Å²) in [6.07, 6.45) is 4.11. The summed E-state index contributed by atoms with van der Waals surface area (Å²) in [5.41, 5.74) is 3.57. The summed E-state index contributed by atoms with van der Waals surface area (Å²) < 4.78 is 13.7. The van der Waals surface area contributed by atoms with Crippen molar-refractivity contribution in [1.29, 1.82) is 0 Å². The Morgan fingerprint density at radius 3 is 2.76 bits per heavy atom. The number of fused-ring (bicyclic) bond motifs is 1. The number of benzene rings is 2. The summed E-state index contributed by atoms with van der Waals surface area (Å²) in [5.74, 6) is 0.116. The van der Waals surface area contributed by atoms with Gasteiger partial charge in [-0.2, -0.15) is 0 Å². The molecule has 1 aliphatic heterocycles. The van der Waals surface area contributed by atoms with Gasteiger partial charge in [0, 0.05) is 47.5 Å². The van der Waals surface area contributed by atoms with Crippen LogP contribution < -0.4 is 10.2 Å². The topological polar surface area (TPSA) is 45.2 Å². The van der Waals surface area contributed by atoms with Crippen LogP contribution >= 0.6 is 11.6 Å². The fourth-order valence-electron chi connectivity index (χ4n) is 3.99. The summed E-state index contributed by atoms with van der Waals surface area (Å²) in [5, 5.41) is 4.50. The number of piperidine rings is 1. The van der Waals surface area contributed by atoms with Gasteiger partial charge in [-0.15, -0.1) is 0 Å². The summed E-state index contributed by atoms with van der Waals surface area (Å²) in [6.45, 7) is 3.61. The molecule has 6 heteroatoms. The van der Waals surface area contributed by atoms with Gasteiger partial charge in [0.05, 0.1) is 5.52 Å². The van der Waals surface area contributed by atoms with Crippen molar-refractivity contribution >= 4 is 39.8 Å². The molecule has 2 aromatic carbocycles. The first-order chi connectivity index (χ1) is 14.0. The molecule has 0 unspecified atom stereocenters. The highest BCUT2D eigenvalue weighted by Crippen LogP contribution is 2.31. The molecule has 0 atom stereocenters. The molecular formula is C23H23ClFN3O. The van der Waals surface area contributed by atoms with E-state index in [1.807, 2.05) is 25.1 Å². The van der Waals surface area contributed by atoms with E-state index in [-0.39, 0.29) is 11.7 Å². The summed E-state index contributed by atoms with van der Waals surface area (Å²) >= 11 is 5.98. The lowest BCUT2D eigenvalue weighted by Gasteiger charge is -2.34. The minimum absolute atomic E-state index is 0.0327. The molecule has 0 aliphatic carbocycles. The normalized spacial score (nSPS) is 14.9. The number of carbonyl (C=O) groups is 1. The maximum Gasteiger partial charge on any atom is 0.224 e. The Labute approximate surface area is 174 Å². The van der Waals surface area contributed by atoms with Crippen LogP contribution in [0.25, 0.3) is 10.9 Å². The zero-order chi connectivity index (χ0) is 20.4. The van der Waals surface area contributed by atoms with E-state index in [9.17, 15) is 9.18 Å². The largest absolute Gasteiger partial charge is 0.371 e. The van der Waals surface area contributed by atoms with Crippen molar-refractivity contribution in [3.8, 4) is 0 Å². The van der Waals surface area contributed by atoms with Crippen molar-refractivity contribution in [2.75, 3.05) is 23.3 Å². The first-order valence-corrected chi connectivity index (χ1v) is 10.2. The van der Waals surface area contributed by atoms with E-state index < -0.39 is 0 Å². The van der Waals surface area contributed by atoms with Crippen LogP contribution in [-0.4, -0.2) is 24.0 Å². The van der Waals surface area contributed by atoms with E-state index in [2.05, 4.69) is 15.2 Å². The molecule has 1 amide bonds. The molecule has 1 aromatic heterocycles. The Morgan fingerprint density at radius 1 is 1.21 bits per heavy atom. The first-order valence-electron chi connectivity index (χ1n) is 9.85. The van der Waals surface area contributed by atoms with Crippen molar-refractivity contribution in [2.24, 2.45) is 5.92 Å². The molecule has 1 fully saturated rings. The average molecular weight is 412 g/mol. The molecule has 150 valence electrons. The van der Waals surface area contributed by atoms with Crippen LogP contribution in [-0.2, 0) is 4.79 Å². The molecule has 3 aromatic rings. The van der Waals surface area contributed by atoms with Gasteiger partial charge in [0.2, 0.25) is 5.91 Å². The quantitative estimate of drug-likeness (QED) is 0.609. The molecule has 0 bridgehead atoms. The van der Waals surface area contributed by atoms with Crippen LogP contribution in [0.5, 0.6) is 0 Å². The van der Waals surface area contributed by atoms with Crippen molar-refractivity contribution in [1.82, 2.24) is 4.98 Å². The smallest absolute Gasteiger partial charge is 0.224 e. The van der Waals surface area contributed by atoms with Gasteiger partial charge in [0.1, 0.15) is 5.82 Å². The maximum absolute atomic E-state index is 13.7. The van der Waals surface area contributed by atoms with Crippen molar-refractivity contribution in [3.05, 3.63) is 65.1 Å². The fraction of sp³-hybridized carbons (Fsp3) is 0.304. The summed E-state index contributed by atoms with van der Waals surface area (Å²) in [7, 11) is 0. The molecule has 1 aliphatic rings. The third-order valence-corrected chi connectivity index (χ3v) is 5.81. The molecule has 4 nitrogen and oxygen atoms in total. The Morgan fingerprint density at radius 2 is 2.00 bits per heavy atom. The van der Waals surface area contributed by atoms with E-state index in [0.29, 0.717) is 17.4 Å². The lowest BCUT2D eigenvalue weighted by molar-refractivity contribution is -0.117. The number of halogens is 2. The lowest BCUT2D eigenvalue weighted by atomic mass is 9.92. The number of carbonyl (C=O) groups excluding carboxylic acids is 1. The standard InChI is InChI=1S/C23H23ClFN3O/c1-15-12-17(24)2-4-20(15)27-23(29)13-16-7-10-28(11-8-16)22-6-9-26-21-5-3-18(25)14-19(21)22/h2-6,9,12,14,16H,7-8,10-11,13H2,1H3,(H,27,29). The SMILES string of the molecule is Cc1cc(Cl)ccc1NC(=O)CC1CCN(c2ccnc3ccc(F)cc23)CC1. The molecule has 4 rings (SSSR count). The molecule has 0 radical (unpaired) electrons. The second-order valence-electron chi connectivity index (χ2n) is 7.63. The van der Waals surface area contributed by atoms with Crippen molar-refractivity contribution in [3.63, 3.8) is 0 Å². The van der Waals surface area contributed by atoms with E-state index in [1.165, 1.54) is 6.07 Å². The molecule has 1 N–H and O–H groups in total. The van der Waals surface area contributed by atoms with Gasteiger partial charge < -0.3 is 10.2 Å². The Bertz CT molecular complexity index is 1050. The number of amides is 1. The number of anilines is 2. The van der Waals surface area contributed by atoms with Gasteiger partial charge in [0.25, 0.3) is 0 Å². The van der Waals surface area contributed by atoms with Gasteiger partial charge in [0.15, 0.2) is 0 Å². The van der Waals surface area contributed by atoms with Crippen LogP contribution in [0.3, 0.4) is 0 Å². The van der Waals surface area contributed by atoms with Crippen LogP contribution in [0.4, 0.5) is 15.8 Å². The molecule has 29 heavy (non-hydrogen) atoms. The zero-order valence-corrected chi connectivity index (χ0v) is 17.0. The summed E-state index contributed by atoms with van der Waals surface area (Å²) in [6, 6.07) is 12.1. The first kappa shape index (κ1) is 19.6. The van der Waals surface area contributed by atoms with Crippen molar-refractivity contribution in [2.45, 2.75) is 26.2 Å². The maximum atomic E-state index is 13.7. The highest BCUT2D eigenvalue weighted by molar-refractivity contribution is 6.30. The van der Waals surface area contributed by atoms with Gasteiger partial charge in [-0.05, 0) is 73.7 Å². The van der Waals surface area contributed by atoms with Gasteiger partial charge in [-0.25, -0.2) is 4.39 Å². The van der Waals surface area contributed by atoms with Gasteiger partial charge in [-0.1, -0.05) is 11.6 Å². The second kappa shape index (κ2) is 8.37. The zero-order valence-electron chi connectivity index (χ0n) is 16.3. The van der Waals surface area contributed by atoms with Crippen LogP contribution in [0, 0.1) is 18.7 Å². The van der Waals surface area contributed by atoms with E-state index in [4.69, 9.17) is 11.6 Å². The van der Waals surface area contributed by atoms with E-state index >= 15 is 0 Å². The van der Waals surface area contributed by atoms with Gasteiger partial charge >= 0.3 is 0 Å². The minimum Gasteiger partial charge on any atom is -0.371 e. The lowest BCUT2D eigenvalue weighted by Crippen LogP contribution is -2.35. The van der Waals surface area contributed by atoms with E-state index in [1.54, 1.807) is 24.4 Å². The molecule has 0 spiro atoms. The average Bonchev–Trinajstić information content (AvgIpc) is 2.70. The van der Waals surface area contributed by atoms with E-state index in [0.717, 1.165) is 53.8 Å². The highest BCUT2D eigenvalue weighted by atomic mass is 35.5. The Kier molecular flexibility index (Phi) is 5.67. The monoisotopic (exact) mass is 411 g/mol. The Hall–Kier alpha value is -2.66. The third-order valence-electron chi connectivity index (χ3n) is 5.57. The van der Waals surface area contributed by atoms with Crippen LogP contribution in [0.15, 0.2) is 48.7 Å².